The summed E-state index contributed by atoms with van der Waals surface area (Å²) in [7, 11) is 3.25. The van der Waals surface area contributed by atoms with Crippen LogP contribution in [0.4, 0.5) is 21.2 Å². The number of ether oxygens (including phenoxy) is 2. The summed E-state index contributed by atoms with van der Waals surface area (Å²) in [5, 5.41) is 10.1. The van der Waals surface area contributed by atoms with Crippen LogP contribution >= 0.6 is 24.4 Å². The van der Waals surface area contributed by atoms with Crippen LogP contribution in [-0.4, -0.2) is 67.9 Å². The smallest absolute Gasteiger partial charge is 0.442 e. The third-order valence-electron chi connectivity index (χ3n) is 8.04. The summed E-state index contributed by atoms with van der Waals surface area (Å²) in [5.74, 6) is 0.610. The summed E-state index contributed by atoms with van der Waals surface area (Å²) in [5.41, 5.74) is 0.0897. The lowest BCUT2D eigenvalue weighted by Crippen LogP contribution is -2.45. The van der Waals surface area contributed by atoms with Crippen LogP contribution in [0.5, 0.6) is 0 Å². The molecule has 60 heavy (non-hydrogen) atoms. The number of anilines is 2. The van der Waals surface area contributed by atoms with Crippen molar-refractivity contribution in [3.8, 4) is 22.7 Å². The zero-order valence-corrected chi connectivity index (χ0v) is 34.5. The number of carbonyl (C=O) groups is 2. The average Bonchev–Trinajstić information content (AvgIpc) is 3.25. The van der Waals surface area contributed by atoms with E-state index < -0.39 is 29.1 Å². The molecule has 0 bridgehead atoms. The molecular formula is C42H40N8O8S2. The maximum atomic E-state index is 13.4. The minimum atomic E-state index is -0.785. The first-order chi connectivity index (χ1) is 29.0. The molecule has 2 heterocycles. The fraction of sp³-hybridized carbons (Fsp3) is 0.143. The van der Waals surface area contributed by atoms with Crippen LogP contribution in [0.1, 0.15) is 19.4 Å². The van der Waals surface area contributed by atoms with Crippen molar-refractivity contribution >= 4 is 58.4 Å². The highest BCUT2D eigenvalue weighted by Crippen LogP contribution is 2.18. The number of alkyl carbamates (subject to hydrolysis) is 1. The Balaban J connectivity index is 0.000000231. The van der Waals surface area contributed by atoms with Gasteiger partial charge in [-0.2, -0.15) is 0 Å². The van der Waals surface area contributed by atoms with Crippen molar-refractivity contribution in [2.75, 3.05) is 37.9 Å². The van der Waals surface area contributed by atoms with E-state index in [9.17, 15) is 28.8 Å². The number of hydrogen-bond donors (Lipinski definition) is 3. The molecule has 0 atom stereocenters. The van der Waals surface area contributed by atoms with Crippen molar-refractivity contribution in [2.24, 2.45) is 4.99 Å². The minimum Gasteiger partial charge on any atom is -0.450 e. The van der Waals surface area contributed by atoms with Gasteiger partial charge in [-0.25, -0.2) is 37.4 Å². The number of nitrogens with zero attached hydrogens (tertiary/aromatic N) is 5. The van der Waals surface area contributed by atoms with Gasteiger partial charge in [-0.05, 0) is 74.6 Å². The van der Waals surface area contributed by atoms with E-state index in [-0.39, 0.29) is 28.5 Å². The van der Waals surface area contributed by atoms with Crippen LogP contribution in [0.3, 0.4) is 0 Å². The maximum absolute atomic E-state index is 13.4. The second-order valence-corrected chi connectivity index (χ2v) is 12.3. The molecule has 308 valence electrons. The average molecular weight is 849 g/mol. The number of thiocarbonyl (C=S) groups is 2. The van der Waals surface area contributed by atoms with E-state index in [1.165, 1.54) is 15.2 Å². The summed E-state index contributed by atoms with van der Waals surface area (Å²) in [6, 6.07) is 36.8. The van der Waals surface area contributed by atoms with E-state index in [0.717, 1.165) is 9.13 Å². The molecule has 0 radical (unpaired) electrons. The molecule has 6 aromatic rings. The second-order valence-electron chi connectivity index (χ2n) is 11.7. The molecule has 0 unspecified atom stereocenters. The highest BCUT2D eigenvalue weighted by atomic mass is 32.1. The van der Waals surface area contributed by atoms with Gasteiger partial charge in [0.15, 0.2) is 0 Å². The Kier molecular flexibility index (Phi) is 16.9. The Hall–Kier alpha value is -7.53. The third kappa shape index (κ3) is 11.1. The molecular weight excluding hydrogens is 809 g/mol. The van der Waals surface area contributed by atoms with Crippen LogP contribution in [-0.2, 0) is 9.47 Å². The molecule has 0 aliphatic heterocycles. The molecule has 0 aliphatic carbocycles. The van der Waals surface area contributed by atoms with E-state index in [4.69, 9.17) is 17.0 Å². The zero-order chi connectivity index (χ0) is 43.6. The Morgan fingerprint density at radius 1 is 0.633 bits per heavy atom. The van der Waals surface area contributed by atoms with Crippen LogP contribution < -0.4 is 38.4 Å². The number of aromatic nitrogens is 4. The fourth-order valence-corrected chi connectivity index (χ4v) is 5.90. The molecule has 0 fully saturated rings. The van der Waals surface area contributed by atoms with Crippen molar-refractivity contribution in [3.05, 3.63) is 175 Å². The van der Waals surface area contributed by atoms with Gasteiger partial charge in [0, 0.05) is 20.2 Å². The Morgan fingerprint density at radius 3 is 1.50 bits per heavy atom. The largest absolute Gasteiger partial charge is 0.450 e. The molecule has 0 spiro atoms. The molecule has 6 rings (SSSR count). The van der Waals surface area contributed by atoms with Gasteiger partial charge in [-0.3, -0.25) is 14.9 Å². The van der Waals surface area contributed by atoms with Crippen LogP contribution in [0.2, 0.25) is 0 Å². The Bertz CT molecular complexity index is 2720. The lowest BCUT2D eigenvalue weighted by Gasteiger charge is -2.19. The molecule has 2 amide bonds. The summed E-state index contributed by atoms with van der Waals surface area (Å²) in [6.45, 7) is 3.81. The molecule has 18 heteroatoms. The van der Waals surface area contributed by atoms with Crippen LogP contribution in [0, 0.1) is 0 Å². The number of para-hydroxylation sites is 4. The van der Waals surface area contributed by atoms with Gasteiger partial charge in [0.1, 0.15) is 22.2 Å². The predicted molar refractivity (Wildman–Crippen MR) is 238 cm³/mol. The molecule has 16 nitrogen and oxygen atoms in total. The first kappa shape index (κ1) is 45.2. The first-order valence-corrected chi connectivity index (χ1v) is 18.9. The Labute approximate surface area is 354 Å². The van der Waals surface area contributed by atoms with Gasteiger partial charge in [0.05, 0.1) is 41.1 Å². The highest BCUT2D eigenvalue weighted by Gasteiger charge is 2.24. The van der Waals surface area contributed by atoms with Gasteiger partial charge in [-0.1, -0.05) is 85.0 Å². The van der Waals surface area contributed by atoms with E-state index in [2.05, 4.69) is 37.9 Å². The van der Waals surface area contributed by atoms with Gasteiger partial charge >= 0.3 is 23.6 Å². The summed E-state index contributed by atoms with van der Waals surface area (Å²) >= 11 is 9.46. The van der Waals surface area contributed by atoms with Crippen LogP contribution in [0.25, 0.3) is 22.7 Å². The zero-order valence-electron chi connectivity index (χ0n) is 32.9. The number of amides is 2. The normalized spacial score (nSPS) is 9.93. The molecule has 3 N–H and O–H groups in total. The predicted octanol–water partition coefficient (Wildman–Crippen LogP) is 5.73. The van der Waals surface area contributed by atoms with E-state index in [1.54, 1.807) is 107 Å². The number of carbonyl (C=O) groups excluding carboxylic acids is 2. The maximum Gasteiger partial charge on any atom is 0.442 e. The Morgan fingerprint density at radius 2 is 1.07 bits per heavy atom. The molecule has 0 saturated heterocycles. The van der Waals surface area contributed by atoms with E-state index in [1.807, 2.05) is 47.6 Å². The SMILES string of the molecule is CCOC(=O)N=C=S.CCOC(=O)NC(=S)c1c(NC)n(-c2ccccc2)c(=O)n(-c2ccccc2)c1=O.CNc1cc(=O)n(-c2ccccc2)c(=O)n1-c1ccccc1. The third-order valence-corrected chi connectivity index (χ3v) is 8.43. The van der Waals surface area contributed by atoms with Crippen molar-refractivity contribution < 1.29 is 19.1 Å². The number of isothiocyanates is 1. The number of benzene rings is 4. The topological polar surface area (TPSA) is 189 Å². The number of hydrogen-bond acceptors (Lipinski definition) is 12. The molecule has 0 aliphatic rings. The summed E-state index contributed by atoms with van der Waals surface area (Å²) in [4.78, 5) is 76.8. The minimum absolute atomic E-state index is 0.0344. The van der Waals surface area contributed by atoms with Gasteiger partial charge in [-0.15, -0.1) is 4.99 Å². The van der Waals surface area contributed by atoms with Crippen molar-refractivity contribution in [1.29, 1.82) is 0 Å². The van der Waals surface area contributed by atoms with E-state index in [0.29, 0.717) is 35.2 Å². The van der Waals surface area contributed by atoms with E-state index >= 15 is 0 Å². The quantitative estimate of drug-likeness (QED) is 0.119. The van der Waals surface area contributed by atoms with Crippen LogP contribution in [0.15, 0.2) is 152 Å². The van der Waals surface area contributed by atoms with Crippen molar-refractivity contribution in [1.82, 2.24) is 23.6 Å². The lowest BCUT2D eigenvalue weighted by atomic mass is 10.2. The highest BCUT2D eigenvalue weighted by molar-refractivity contribution is 7.80. The molecule has 4 aromatic carbocycles. The molecule has 0 saturated carbocycles. The van der Waals surface area contributed by atoms with Gasteiger partial charge < -0.3 is 20.1 Å². The first-order valence-electron chi connectivity index (χ1n) is 18.1. The number of aliphatic imine (C=N–C) groups is 1. The monoisotopic (exact) mass is 848 g/mol. The second kappa shape index (κ2) is 22.4. The lowest BCUT2D eigenvalue weighted by molar-refractivity contribution is 0.158. The van der Waals surface area contributed by atoms with Crippen molar-refractivity contribution in [3.63, 3.8) is 0 Å². The number of rotatable bonds is 9. The van der Waals surface area contributed by atoms with Gasteiger partial charge in [0.25, 0.3) is 11.1 Å². The van der Waals surface area contributed by atoms with Gasteiger partial charge in [0.2, 0.25) is 0 Å². The number of nitrogens with one attached hydrogen (secondary N) is 3. The standard InChI is InChI=1S/C21H20N4O4S.C17H15N3O2.C4H5NO2S/c1-3-29-20(27)23-18(30)16-17(22-2)24(14-10-6-4-7-11-14)21(28)25(19(16)26)15-12-8-5-9-13-15;1-18-15-12-16(21)20(14-10-6-3-7-11-14)17(22)19(15)13-8-4-2-5-9-13;1-2-7-4(6)5-3-8/h4-13,22H,3H2,1-2H3,(H,23,27,30);2-12,18H,1H3;2H2,1H3. The fourth-order valence-electron chi connectivity index (χ4n) is 5.55. The summed E-state index contributed by atoms with van der Waals surface area (Å²) in [6.07, 6.45) is -1.46. The van der Waals surface area contributed by atoms with Crippen molar-refractivity contribution in [2.45, 2.75) is 13.8 Å². The summed E-state index contributed by atoms with van der Waals surface area (Å²) < 4.78 is 14.2. The molecule has 2 aromatic heterocycles.